The number of aromatic amines is 1. The van der Waals surface area contributed by atoms with Crippen molar-refractivity contribution in [1.82, 2.24) is 10.2 Å². The number of Topliss-reactive ketones (excluding diaryl/α,β-unsaturated/α-hetero) is 1. The Balaban J connectivity index is 1.97. The van der Waals surface area contributed by atoms with Gasteiger partial charge in [-0.1, -0.05) is 11.3 Å². The van der Waals surface area contributed by atoms with Gasteiger partial charge in [0.25, 0.3) is 5.69 Å². The van der Waals surface area contributed by atoms with E-state index >= 15 is 0 Å². The number of anilines is 1. The number of nitrogens with one attached hydrogen (secondary N) is 2. The first-order valence-electron chi connectivity index (χ1n) is 7.13. The van der Waals surface area contributed by atoms with Crippen molar-refractivity contribution >= 4 is 40.2 Å². The number of nitrogens with zero attached hydrogens (tertiary/aromatic N) is 2. The molecule has 0 amide bonds. The van der Waals surface area contributed by atoms with Gasteiger partial charge in [0.15, 0.2) is 3.95 Å². The summed E-state index contributed by atoms with van der Waals surface area (Å²) in [5.74, 6) is -0.184. The van der Waals surface area contributed by atoms with E-state index in [9.17, 15) is 14.9 Å². The second-order valence-electron chi connectivity index (χ2n) is 4.83. The smallest absolute Gasteiger partial charge is 0.270 e. The predicted molar refractivity (Wildman–Crippen MR) is 92.5 cm³/mol. The van der Waals surface area contributed by atoms with E-state index in [4.69, 9.17) is 21.7 Å². The van der Waals surface area contributed by atoms with Crippen LogP contribution in [0.4, 0.5) is 10.8 Å². The number of nitro benzene ring substituents is 1. The Bertz CT molecular complexity index is 920. The monoisotopic (exact) mass is 380 g/mol. The predicted octanol–water partition coefficient (Wildman–Crippen LogP) is 3.04. The lowest BCUT2D eigenvalue weighted by atomic mass is 9.99. The standard InChI is InChI=1S/C14H12N4O5S2/c1-2-22-12-9(6-15-13-16-17-14(24)25-13)11(19)8-5-7(18(20)21)3-4-10(8)23-12/h3-6,12H,2H2,1H3,(H,15,16)(H,17,24). The molecule has 25 heavy (non-hydrogen) atoms. The van der Waals surface area contributed by atoms with Gasteiger partial charge >= 0.3 is 0 Å². The summed E-state index contributed by atoms with van der Waals surface area (Å²) in [4.78, 5) is 23.1. The number of hydrogen-bond donors (Lipinski definition) is 2. The molecule has 1 aromatic heterocycles. The second-order valence-corrected chi connectivity index (χ2v) is 6.50. The SMILES string of the molecule is CCOC1Oc2ccc([N+](=O)[O-])cc2C(=O)C1=CNc1n[nH]c(=S)s1. The topological polar surface area (TPSA) is 119 Å². The van der Waals surface area contributed by atoms with E-state index in [1.807, 2.05) is 0 Å². The summed E-state index contributed by atoms with van der Waals surface area (Å²) in [6, 6.07) is 3.85. The fraction of sp³-hybridized carbons (Fsp3) is 0.214. The number of carbonyl (C=O) groups excluding carboxylic acids is 1. The van der Waals surface area contributed by atoms with E-state index in [0.717, 1.165) is 0 Å². The lowest BCUT2D eigenvalue weighted by Crippen LogP contribution is -2.33. The summed E-state index contributed by atoms with van der Waals surface area (Å²) < 4.78 is 11.6. The molecule has 11 heteroatoms. The summed E-state index contributed by atoms with van der Waals surface area (Å²) in [6.07, 6.45) is 0.483. The van der Waals surface area contributed by atoms with Crippen LogP contribution in [-0.2, 0) is 4.74 Å². The number of nitro groups is 1. The van der Waals surface area contributed by atoms with Gasteiger partial charge in [-0.3, -0.25) is 20.0 Å². The van der Waals surface area contributed by atoms with Crippen molar-refractivity contribution in [2.75, 3.05) is 11.9 Å². The van der Waals surface area contributed by atoms with Crippen molar-refractivity contribution in [2.24, 2.45) is 0 Å². The number of non-ortho nitro benzene ring substituents is 1. The van der Waals surface area contributed by atoms with E-state index in [0.29, 0.717) is 15.7 Å². The average Bonchev–Trinajstić information content (AvgIpc) is 3.00. The van der Waals surface area contributed by atoms with Crippen molar-refractivity contribution in [3.8, 4) is 5.75 Å². The number of benzene rings is 1. The van der Waals surface area contributed by atoms with Crippen LogP contribution in [0.15, 0.2) is 30.0 Å². The van der Waals surface area contributed by atoms with E-state index in [1.54, 1.807) is 6.92 Å². The molecule has 1 aliphatic rings. The summed E-state index contributed by atoms with van der Waals surface area (Å²) in [5.41, 5.74) is 0.0898. The molecule has 1 atom stereocenters. The minimum absolute atomic E-state index is 0.105. The largest absolute Gasteiger partial charge is 0.460 e. The Morgan fingerprint density at radius 3 is 3.04 bits per heavy atom. The fourth-order valence-corrected chi connectivity index (χ4v) is 2.95. The Morgan fingerprint density at radius 2 is 2.40 bits per heavy atom. The van der Waals surface area contributed by atoms with Gasteiger partial charge in [-0.15, -0.1) is 5.10 Å². The van der Waals surface area contributed by atoms with Crippen molar-refractivity contribution in [1.29, 1.82) is 0 Å². The molecule has 3 rings (SSSR count). The van der Waals surface area contributed by atoms with Crippen molar-refractivity contribution in [3.63, 3.8) is 0 Å². The highest BCUT2D eigenvalue weighted by atomic mass is 32.1. The maximum atomic E-state index is 12.8. The summed E-state index contributed by atoms with van der Waals surface area (Å²) >= 11 is 6.14. The van der Waals surface area contributed by atoms with Gasteiger partial charge < -0.3 is 14.8 Å². The van der Waals surface area contributed by atoms with Gasteiger partial charge in [0.05, 0.1) is 16.1 Å². The molecule has 0 saturated heterocycles. The second kappa shape index (κ2) is 7.09. The van der Waals surface area contributed by atoms with Crippen LogP contribution in [-0.4, -0.2) is 33.8 Å². The number of carbonyl (C=O) groups is 1. The van der Waals surface area contributed by atoms with Crippen LogP contribution in [0.3, 0.4) is 0 Å². The van der Waals surface area contributed by atoms with Crippen LogP contribution in [0.25, 0.3) is 0 Å². The molecule has 1 aromatic carbocycles. The third-order valence-electron chi connectivity index (χ3n) is 3.28. The van der Waals surface area contributed by atoms with E-state index < -0.39 is 17.0 Å². The Kier molecular flexibility index (Phi) is 4.88. The normalized spacial score (nSPS) is 17.9. The Hall–Kier alpha value is -2.63. The zero-order chi connectivity index (χ0) is 18.0. The highest BCUT2D eigenvalue weighted by Crippen LogP contribution is 2.33. The number of ketones is 1. The maximum absolute atomic E-state index is 12.8. The van der Waals surface area contributed by atoms with Gasteiger partial charge in [0, 0.05) is 24.9 Å². The number of rotatable bonds is 5. The van der Waals surface area contributed by atoms with Gasteiger partial charge in [-0.05, 0) is 25.2 Å². The highest BCUT2D eigenvalue weighted by Gasteiger charge is 2.33. The molecule has 1 unspecified atom stereocenters. The number of fused-ring (bicyclic) bond motifs is 1. The van der Waals surface area contributed by atoms with Crippen LogP contribution in [0.1, 0.15) is 17.3 Å². The molecule has 0 fully saturated rings. The molecule has 2 N–H and O–H groups in total. The highest BCUT2D eigenvalue weighted by molar-refractivity contribution is 7.73. The summed E-state index contributed by atoms with van der Waals surface area (Å²) in [7, 11) is 0. The Morgan fingerprint density at radius 1 is 1.60 bits per heavy atom. The van der Waals surface area contributed by atoms with E-state index in [-0.39, 0.29) is 22.6 Å². The molecule has 0 bridgehead atoms. The van der Waals surface area contributed by atoms with Crippen LogP contribution in [0.5, 0.6) is 5.75 Å². The van der Waals surface area contributed by atoms with Crippen molar-refractivity contribution in [3.05, 3.63) is 49.6 Å². The third kappa shape index (κ3) is 3.57. The lowest BCUT2D eigenvalue weighted by molar-refractivity contribution is -0.384. The molecule has 0 saturated carbocycles. The third-order valence-corrected chi connectivity index (χ3v) is 4.30. The van der Waals surface area contributed by atoms with Crippen LogP contribution >= 0.6 is 23.6 Å². The maximum Gasteiger partial charge on any atom is 0.270 e. The molecular weight excluding hydrogens is 368 g/mol. The Labute approximate surface area is 150 Å². The summed E-state index contributed by atoms with van der Waals surface area (Å²) in [5, 5.41) is 20.8. The molecule has 2 heterocycles. The van der Waals surface area contributed by atoms with Crippen molar-refractivity contribution < 1.29 is 19.2 Å². The first-order valence-corrected chi connectivity index (χ1v) is 8.35. The van der Waals surface area contributed by atoms with Gasteiger partial charge in [-0.2, -0.15) is 0 Å². The zero-order valence-corrected chi connectivity index (χ0v) is 14.5. The quantitative estimate of drug-likeness (QED) is 0.351. The van der Waals surface area contributed by atoms with E-state index in [1.165, 1.54) is 35.7 Å². The fourth-order valence-electron chi connectivity index (χ4n) is 2.19. The lowest BCUT2D eigenvalue weighted by Gasteiger charge is -2.27. The molecule has 9 nitrogen and oxygen atoms in total. The number of H-pyrrole nitrogens is 1. The summed E-state index contributed by atoms with van der Waals surface area (Å²) in [6.45, 7) is 2.09. The number of hydrogen-bond acceptors (Lipinski definition) is 9. The van der Waals surface area contributed by atoms with Crippen LogP contribution in [0, 0.1) is 14.1 Å². The average molecular weight is 380 g/mol. The molecule has 2 aromatic rings. The van der Waals surface area contributed by atoms with E-state index in [2.05, 4.69) is 15.5 Å². The zero-order valence-electron chi connectivity index (χ0n) is 12.8. The molecular formula is C14H12N4O5S2. The number of ether oxygens (including phenoxy) is 2. The first kappa shape index (κ1) is 17.2. The van der Waals surface area contributed by atoms with Crippen molar-refractivity contribution in [2.45, 2.75) is 13.2 Å². The van der Waals surface area contributed by atoms with Crippen LogP contribution in [0.2, 0.25) is 0 Å². The van der Waals surface area contributed by atoms with Gasteiger partial charge in [0.2, 0.25) is 17.2 Å². The molecule has 0 aliphatic carbocycles. The molecule has 130 valence electrons. The molecule has 0 spiro atoms. The first-order chi connectivity index (χ1) is 12.0. The van der Waals surface area contributed by atoms with Gasteiger partial charge in [0.1, 0.15) is 5.75 Å². The van der Waals surface area contributed by atoms with Gasteiger partial charge in [-0.25, -0.2) is 0 Å². The van der Waals surface area contributed by atoms with Crippen LogP contribution < -0.4 is 10.1 Å². The molecule has 0 radical (unpaired) electrons. The minimum Gasteiger partial charge on any atom is -0.460 e. The molecule has 1 aliphatic heterocycles. The number of aromatic nitrogens is 2. The minimum atomic E-state index is -0.925.